The number of nitrogens with zero attached hydrogens (tertiary/aromatic N) is 3. The number of nitriles is 1. The van der Waals surface area contributed by atoms with Gasteiger partial charge in [-0.05, 0) is 12.1 Å². The van der Waals surface area contributed by atoms with Crippen LogP contribution in [0.4, 0.5) is 4.39 Å². The Morgan fingerprint density at radius 2 is 2.23 bits per heavy atom. The van der Waals surface area contributed by atoms with Crippen LogP contribution in [0.2, 0.25) is 0 Å². The van der Waals surface area contributed by atoms with Crippen LogP contribution in [0.3, 0.4) is 0 Å². The highest BCUT2D eigenvalue weighted by molar-refractivity contribution is 5.79. The van der Waals surface area contributed by atoms with Crippen molar-refractivity contribution < 1.29 is 4.39 Å². The summed E-state index contributed by atoms with van der Waals surface area (Å²) in [6, 6.07) is 4.58. The van der Waals surface area contributed by atoms with Crippen LogP contribution >= 0.6 is 0 Å². The van der Waals surface area contributed by atoms with Crippen LogP contribution in [-0.4, -0.2) is 9.97 Å². The molecule has 0 aliphatic rings. The molecule has 0 atom stereocenters. The van der Waals surface area contributed by atoms with Gasteiger partial charge in [-0.15, -0.1) is 0 Å². The fourth-order valence-electron chi connectivity index (χ4n) is 1.12. The molecule has 0 fully saturated rings. The molecule has 2 aromatic rings. The molecular weight excluding hydrogens is 169 g/mol. The summed E-state index contributed by atoms with van der Waals surface area (Å²) in [6.07, 6.45) is 2.75. The van der Waals surface area contributed by atoms with Crippen LogP contribution < -0.4 is 0 Å². The monoisotopic (exact) mass is 173 g/mol. The minimum atomic E-state index is -0.489. The van der Waals surface area contributed by atoms with Gasteiger partial charge in [0.1, 0.15) is 11.8 Å². The molecule has 0 saturated carbocycles. The summed E-state index contributed by atoms with van der Waals surface area (Å²) in [5.74, 6) is -0.489. The average molecular weight is 173 g/mol. The van der Waals surface area contributed by atoms with Gasteiger partial charge in [-0.1, -0.05) is 0 Å². The second-order valence-electron chi connectivity index (χ2n) is 2.53. The molecule has 62 valence electrons. The summed E-state index contributed by atoms with van der Waals surface area (Å²) in [6.45, 7) is 0. The molecule has 0 radical (unpaired) electrons. The Bertz CT molecular complexity index is 502. The highest BCUT2D eigenvalue weighted by Crippen LogP contribution is 2.15. The Kier molecular flexibility index (Phi) is 1.64. The van der Waals surface area contributed by atoms with Gasteiger partial charge in [0.05, 0.1) is 11.6 Å². The second-order valence-corrected chi connectivity index (χ2v) is 2.53. The quantitative estimate of drug-likeness (QED) is 0.608. The van der Waals surface area contributed by atoms with E-state index >= 15 is 0 Å². The molecule has 0 spiro atoms. The zero-order valence-corrected chi connectivity index (χ0v) is 6.53. The van der Waals surface area contributed by atoms with E-state index < -0.39 is 5.82 Å². The summed E-state index contributed by atoms with van der Waals surface area (Å²) in [5.41, 5.74) is 0.522. The Morgan fingerprint density at radius 3 is 3.00 bits per heavy atom. The second kappa shape index (κ2) is 2.79. The smallest absolute Gasteiger partial charge is 0.150 e. The summed E-state index contributed by atoms with van der Waals surface area (Å²) >= 11 is 0. The van der Waals surface area contributed by atoms with Crippen molar-refractivity contribution in [2.75, 3.05) is 0 Å². The molecule has 0 saturated heterocycles. The molecule has 0 amide bonds. The highest BCUT2D eigenvalue weighted by atomic mass is 19.1. The van der Waals surface area contributed by atoms with Gasteiger partial charge in [-0.2, -0.15) is 5.26 Å². The van der Waals surface area contributed by atoms with Crippen molar-refractivity contribution in [1.29, 1.82) is 5.26 Å². The fourth-order valence-corrected chi connectivity index (χ4v) is 1.12. The zero-order chi connectivity index (χ0) is 9.26. The third kappa shape index (κ3) is 1.20. The predicted octanol–water partition coefficient (Wildman–Crippen LogP) is 1.64. The van der Waals surface area contributed by atoms with Crippen molar-refractivity contribution in [2.45, 2.75) is 0 Å². The Balaban J connectivity index is 2.86. The molecule has 4 heteroatoms. The molecule has 1 heterocycles. The Labute approximate surface area is 73.5 Å². The van der Waals surface area contributed by atoms with Crippen molar-refractivity contribution in [3.8, 4) is 6.07 Å². The first-order chi connectivity index (χ1) is 6.31. The third-order valence-corrected chi connectivity index (χ3v) is 1.69. The van der Waals surface area contributed by atoms with Crippen molar-refractivity contribution in [1.82, 2.24) is 9.97 Å². The number of benzene rings is 1. The fraction of sp³-hybridized carbons (Fsp3) is 0. The SMILES string of the molecule is N#Cc1cc(F)c2ncncc2c1. The molecule has 1 aromatic carbocycles. The Morgan fingerprint density at radius 1 is 1.38 bits per heavy atom. The van der Waals surface area contributed by atoms with Gasteiger partial charge in [0.2, 0.25) is 0 Å². The third-order valence-electron chi connectivity index (χ3n) is 1.69. The maximum absolute atomic E-state index is 13.2. The molecule has 2 rings (SSSR count). The van der Waals surface area contributed by atoms with Gasteiger partial charge < -0.3 is 0 Å². The van der Waals surface area contributed by atoms with Crippen LogP contribution in [0, 0.1) is 17.1 Å². The van der Waals surface area contributed by atoms with E-state index in [4.69, 9.17) is 5.26 Å². The van der Waals surface area contributed by atoms with Crippen molar-refractivity contribution in [3.05, 3.63) is 36.0 Å². The predicted molar refractivity (Wildman–Crippen MR) is 44.2 cm³/mol. The minimum Gasteiger partial charge on any atom is -0.244 e. The van der Waals surface area contributed by atoms with Crippen LogP contribution in [0.5, 0.6) is 0 Å². The normalized spacial score (nSPS) is 9.85. The topological polar surface area (TPSA) is 49.6 Å². The van der Waals surface area contributed by atoms with Gasteiger partial charge in [0.15, 0.2) is 5.82 Å². The Hall–Kier alpha value is -2.02. The molecule has 3 nitrogen and oxygen atoms in total. The van der Waals surface area contributed by atoms with E-state index in [9.17, 15) is 4.39 Å². The highest BCUT2D eigenvalue weighted by Gasteiger charge is 2.03. The van der Waals surface area contributed by atoms with Crippen molar-refractivity contribution >= 4 is 10.9 Å². The number of hydrogen-bond acceptors (Lipinski definition) is 3. The standard InChI is InChI=1S/C9H4FN3/c10-8-2-6(3-11)1-7-4-12-5-13-9(7)8/h1-2,4-5H. The first-order valence-corrected chi connectivity index (χ1v) is 3.60. The van der Waals surface area contributed by atoms with Crippen LogP contribution in [0.15, 0.2) is 24.7 Å². The number of halogens is 1. The molecular formula is C9H4FN3. The van der Waals surface area contributed by atoms with Gasteiger partial charge in [-0.25, -0.2) is 14.4 Å². The van der Waals surface area contributed by atoms with E-state index in [-0.39, 0.29) is 11.1 Å². The van der Waals surface area contributed by atoms with Crippen LogP contribution in [-0.2, 0) is 0 Å². The molecule has 13 heavy (non-hydrogen) atoms. The molecule has 0 aliphatic heterocycles. The molecule has 1 aromatic heterocycles. The van der Waals surface area contributed by atoms with E-state index in [2.05, 4.69) is 9.97 Å². The zero-order valence-electron chi connectivity index (χ0n) is 6.53. The van der Waals surface area contributed by atoms with E-state index in [0.29, 0.717) is 5.39 Å². The largest absolute Gasteiger partial charge is 0.244 e. The maximum Gasteiger partial charge on any atom is 0.150 e. The first-order valence-electron chi connectivity index (χ1n) is 3.60. The maximum atomic E-state index is 13.2. The summed E-state index contributed by atoms with van der Waals surface area (Å²) < 4.78 is 13.2. The van der Waals surface area contributed by atoms with Crippen molar-refractivity contribution in [2.24, 2.45) is 0 Å². The summed E-state index contributed by atoms with van der Waals surface area (Å²) in [5, 5.41) is 9.10. The van der Waals surface area contributed by atoms with Crippen LogP contribution in [0.25, 0.3) is 10.9 Å². The molecule has 0 N–H and O–H groups in total. The first kappa shape index (κ1) is 7.62. The molecule has 0 bridgehead atoms. The van der Waals surface area contributed by atoms with E-state index in [0.717, 1.165) is 6.07 Å². The average Bonchev–Trinajstić information content (AvgIpc) is 2.18. The lowest BCUT2D eigenvalue weighted by Crippen LogP contribution is -1.87. The van der Waals surface area contributed by atoms with E-state index in [1.807, 2.05) is 6.07 Å². The van der Waals surface area contributed by atoms with Gasteiger partial charge in [-0.3, -0.25) is 0 Å². The van der Waals surface area contributed by atoms with Crippen LogP contribution in [0.1, 0.15) is 5.56 Å². The lowest BCUT2D eigenvalue weighted by molar-refractivity contribution is 0.636. The molecule has 0 aliphatic carbocycles. The number of rotatable bonds is 0. The summed E-state index contributed by atoms with van der Waals surface area (Å²) in [4.78, 5) is 7.50. The number of aromatic nitrogens is 2. The lowest BCUT2D eigenvalue weighted by atomic mass is 10.1. The van der Waals surface area contributed by atoms with Gasteiger partial charge >= 0.3 is 0 Å². The summed E-state index contributed by atoms with van der Waals surface area (Å²) in [7, 11) is 0. The van der Waals surface area contributed by atoms with E-state index in [1.54, 1.807) is 6.07 Å². The lowest BCUT2D eigenvalue weighted by Gasteiger charge is -1.97. The number of hydrogen-bond donors (Lipinski definition) is 0. The van der Waals surface area contributed by atoms with Crippen molar-refractivity contribution in [3.63, 3.8) is 0 Å². The van der Waals surface area contributed by atoms with E-state index in [1.165, 1.54) is 12.5 Å². The minimum absolute atomic E-state index is 0.244. The van der Waals surface area contributed by atoms with Gasteiger partial charge in [0, 0.05) is 11.6 Å². The number of fused-ring (bicyclic) bond motifs is 1. The van der Waals surface area contributed by atoms with Gasteiger partial charge in [0.25, 0.3) is 0 Å². The molecule has 0 unspecified atom stereocenters.